The normalized spacial score (nSPS) is 11.3. The minimum absolute atomic E-state index is 0.385. The van der Waals surface area contributed by atoms with E-state index in [1.165, 1.54) is 6.21 Å². The molecule has 0 aliphatic carbocycles. The van der Waals surface area contributed by atoms with Crippen molar-refractivity contribution >= 4 is 12.1 Å². The molecular formula is C23H22N2O4. The van der Waals surface area contributed by atoms with E-state index in [-0.39, 0.29) is 0 Å². The highest BCUT2D eigenvalue weighted by Gasteiger charge is 2.40. The van der Waals surface area contributed by atoms with Crippen molar-refractivity contribution in [1.29, 1.82) is 0 Å². The number of hydrazone groups is 1. The Morgan fingerprint density at radius 3 is 1.79 bits per heavy atom. The van der Waals surface area contributed by atoms with Crippen molar-refractivity contribution in [3.63, 3.8) is 0 Å². The summed E-state index contributed by atoms with van der Waals surface area (Å²) in [4.78, 5) is 13.0. The number of nitrogens with one attached hydrogen (secondary N) is 1. The van der Waals surface area contributed by atoms with E-state index in [9.17, 15) is 9.90 Å². The van der Waals surface area contributed by atoms with Gasteiger partial charge in [0.2, 0.25) is 0 Å². The molecule has 0 aliphatic rings. The average molecular weight is 390 g/mol. The van der Waals surface area contributed by atoms with Crippen molar-refractivity contribution in [2.45, 2.75) is 5.60 Å². The second kappa shape index (κ2) is 9.03. The predicted molar refractivity (Wildman–Crippen MR) is 111 cm³/mol. The summed E-state index contributed by atoms with van der Waals surface area (Å²) >= 11 is 0. The molecule has 0 bridgehead atoms. The Bertz CT molecular complexity index is 921. The Kier molecular flexibility index (Phi) is 6.26. The fourth-order valence-electron chi connectivity index (χ4n) is 2.88. The molecule has 0 radical (unpaired) electrons. The van der Waals surface area contributed by atoms with Gasteiger partial charge in [0.1, 0.15) is 11.5 Å². The summed E-state index contributed by atoms with van der Waals surface area (Å²) in [6, 6.07) is 22.7. The number of methoxy groups -OCH3 is 2. The van der Waals surface area contributed by atoms with Gasteiger partial charge in [-0.15, -0.1) is 0 Å². The van der Waals surface area contributed by atoms with Crippen LogP contribution >= 0.6 is 0 Å². The first-order valence-electron chi connectivity index (χ1n) is 8.98. The molecule has 0 saturated heterocycles. The summed E-state index contributed by atoms with van der Waals surface area (Å²) < 4.78 is 10.3. The van der Waals surface area contributed by atoms with Gasteiger partial charge in [0.15, 0.2) is 5.60 Å². The van der Waals surface area contributed by atoms with E-state index in [4.69, 9.17) is 9.47 Å². The Labute approximate surface area is 169 Å². The third-order valence-electron chi connectivity index (χ3n) is 4.52. The number of amides is 1. The standard InChI is InChI=1S/C23H22N2O4/c1-28-20-12-8-18(9-13-20)23(27,19-10-14-21(29-2)15-11-19)22(26)25-24-16-17-6-4-3-5-7-17/h3-16,27H,1-2H3,(H,25,26)/b24-16-. The number of carbonyl (C=O) groups is 1. The maximum atomic E-state index is 13.0. The molecule has 3 aromatic rings. The molecule has 0 saturated carbocycles. The molecule has 6 heteroatoms. The lowest BCUT2D eigenvalue weighted by molar-refractivity contribution is -0.136. The summed E-state index contributed by atoms with van der Waals surface area (Å²) in [6.45, 7) is 0. The molecule has 29 heavy (non-hydrogen) atoms. The maximum absolute atomic E-state index is 13.0. The van der Waals surface area contributed by atoms with Crippen LogP contribution in [0.2, 0.25) is 0 Å². The van der Waals surface area contributed by atoms with Crippen molar-refractivity contribution < 1.29 is 19.4 Å². The largest absolute Gasteiger partial charge is 0.497 e. The SMILES string of the molecule is COc1ccc(C(O)(C(=O)N/N=C\c2ccccc2)c2ccc(OC)cc2)cc1. The van der Waals surface area contributed by atoms with Crippen LogP contribution in [0.3, 0.4) is 0 Å². The average Bonchev–Trinajstić information content (AvgIpc) is 2.79. The number of aliphatic hydroxyl groups is 1. The van der Waals surface area contributed by atoms with E-state index in [2.05, 4.69) is 10.5 Å². The zero-order valence-corrected chi connectivity index (χ0v) is 16.2. The van der Waals surface area contributed by atoms with E-state index in [0.717, 1.165) is 5.56 Å². The molecule has 0 spiro atoms. The van der Waals surface area contributed by atoms with Crippen molar-refractivity contribution in [3.8, 4) is 11.5 Å². The quantitative estimate of drug-likeness (QED) is 0.480. The first-order chi connectivity index (χ1) is 14.1. The minimum atomic E-state index is -1.95. The monoisotopic (exact) mass is 390 g/mol. The molecule has 148 valence electrons. The number of benzene rings is 3. The second-order valence-corrected chi connectivity index (χ2v) is 6.28. The number of ether oxygens (including phenoxy) is 2. The van der Waals surface area contributed by atoms with Gasteiger partial charge in [0.25, 0.3) is 5.91 Å². The van der Waals surface area contributed by atoms with Crippen molar-refractivity contribution in [2.75, 3.05) is 14.2 Å². The van der Waals surface area contributed by atoms with Crippen LogP contribution in [0.4, 0.5) is 0 Å². The van der Waals surface area contributed by atoms with Crippen LogP contribution in [0.1, 0.15) is 16.7 Å². The van der Waals surface area contributed by atoms with Crippen molar-refractivity contribution in [1.82, 2.24) is 5.43 Å². The van der Waals surface area contributed by atoms with Gasteiger partial charge in [-0.1, -0.05) is 54.6 Å². The zero-order chi connectivity index (χ0) is 20.7. The van der Waals surface area contributed by atoms with Crippen molar-refractivity contribution in [2.24, 2.45) is 5.10 Å². The molecule has 3 rings (SSSR count). The summed E-state index contributed by atoms with van der Waals surface area (Å²) in [5.74, 6) is 0.557. The summed E-state index contributed by atoms with van der Waals surface area (Å²) in [5.41, 5.74) is 2.09. The molecule has 0 atom stereocenters. The Morgan fingerprint density at radius 2 is 1.34 bits per heavy atom. The van der Waals surface area contributed by atoms with E-state index in [1.54, 1.807) is 62.8 Å². The van der Waals surface area contributed by atoms with Gasteiger partial charge in [0.05, 0.1) is 20.4 Å². The maximum Gasteiger partial charge on any atom is 0.281 e. The fraction of sp³-hybridized carbons (Fsp3) is 0.130. The van der Waals surface area contributed by atoms with Gasteiger partial charge >= 0.3 is 0 Å². The minimum Gasteiger partial charge on any atom is -0.497 e. The first kappa shape index (κ1) is 20.1. The Morgan fingerprint density at radius 1 is 0.862 bits per heavy atom. The molecule has 0 aliphatic heterocycles. The summed E-state index contributed by atoms with van der Waals surface area (Å²) in [6.07, 6.45) is 1.51. The molecule has 3 aromatic carbocycles. The van der Waals surface area contributed by atoms with E-state index < -0.39 is 11.5 Å². The second-order valence-electron chi connectivity index (χ2n) is 6.28. The third kappa shape index (κ3) is 4.44. The predicted octanol–water partition coefficient (Wildman–Crippen LogP) is 3.09. The number of carbonyl (C=O) groups excluding carboxylic acids is 1. The molecule has 2 N–H and O–H groups in total. The van der Waals surface area contributed by atoms with Crippen LogP contribution in [0.5, 0.6) is 11.5 Å². The number of hydrogen-bond donors (Lipinski definition) is 2. The topological polar surface area (TPSA) is 80.2 Å². The van der Waals surface area contributed by atoms with E-state index in [1.807, 2.05) is 30.3 Å². The Hall–Kier alpha value is -3.64. The summed E-state index contributed by atoms with van der Waals surface area (Å²) in [7, 11) is 3.10. The zero-order valence-electron chi connectivity index (χ0n) is 16.2. The van der Waals surface area contributed by atoms with Gasteiger partial charge in [-0.2, -0.15) is 5.10 Å². The summed E-state index contributed by atoms with van der Waals surface area (Å²) in [5, 5.41) is 15.5. The molecule has 0 fully saturated rings. The Balaban J connectivity index is 1.94. The van der Waals surface area contributed by atoms with E-state index in [0.29, 0.717) is 22.6 Å². The molecule has 0 unspecified atom stereocenters. The van der Waals surface area contributed by atoms with Gasteiger partial charge in [-0.25, -0.2) is 5.43 Å². The van der Waals surface area contributed by atoms with Crippen LogP contribution < -0.4 is 14.9 Å². The number of nitrogens with zero attached hydrogens (tertiary/aromatic N) is 1. The van der Waals surface area contributed by atoms with Crippen LogP contribution in [0.15, 0.2) is 84.0 Å². The van der Waals surface area contributed by atoms with Gasteiger partial charge in [-0.05, 0) is 41.0 Å². The molecular weight excluding hydrogens is 368 g/mol. The van der Waals surface area contributed by atoms with Crippen LogP contribution in [0.25, 0.3) is 0 Å². The lowest BCUT2D eigenvalue weighted by Gasteiger charge is -2.27. The first-order valence-corrected chi connectivity index (χ1v) is 8.98. The van der Waals surface area contributed by atoms with Crippen LogP contribution in [-0.2, 0) is 10.4 Å². The van der Waals surface area contributed by atoms with Gasteiger partial charge < -0.3 is 14.6 Å². The molecule has 0 heterocycles. The highest BCUT2D eigenvalue weighted by molar-refractivity contribution is 5.91. The smallest absolute Gasteiger partial charge is 0.281 e. The number of hydrogen-bond acceptors (Lipinski definition) is 5. The third-order valence-corrected chi connectivity index (χ3v) is 4.52. The van der Waals surface area contributed by atoms with Gasteiger partial charge in [0, 0.05) is 0 Å². The number of rotatable bonds is 7. The molecule has 0 aromatic heterocycles. The van der Waals surface area contributed by atoms with Crippen LogP contribution in [0, 0.1) is 0 Å². The lowest BCUT2D eigenvalue weighted by atomic mass is 9.85. The molecule has 1 amide bonds. The lowest BCUT2D eigenvalue weighted by Crippen LogP contribution is -2.43. The van der Waals surface area contributed by atoms with Gasteiger partial charge in [-0.3, -0.25) is 4.79 Å². The van der Waals surface area contributed by atoms with Crippen LogP contribution in [-0.4, -0.2) is 31.4 Å². The van der Waals surface area contributed by atoms with Crippen molar-refractivity contribution in [3.05, 3.63) is 95.6 Å². The highest BCUT2D eigenvalue weighted by atomic mass is 16.5. The fourth-order valence-corrected chi connectivity index (χ4v) is 2.88. The molecule has 6 nitrogen and oxygen atoms in total. The highest BCUT2D eigenvalue weighted by Crippen LogP contribution is 2.32. The van der Waals surface area contributed by atoms with E-state index >= 15 is 0 Å².